The van der Waals surface area contributed by atoms with Crippen LogP contribution in [0.1, 0.15) is 55.5 Å². The van der Waals surface area contributed by atoms with E-state index < -0.39 is 0 Å². The lowest BCUT2D eigenvalue weighted by Gasteiger charge is -2.28. The molecule has 1 saturated carbocycles. The zero-order valence-corrected chi connectivity index (χ0v) is 18.2. The van der Waals surface area contributed by atoms with Gasteiger partial charge < -0.3 is 0 Å². The van der Waals surface area contributed by atoms with Gasteiger partial charge in [-0.3, -0.25) is 9.78 Å². The highest BCUT2D eigenvalue weighted by Gasteiger charge is 2.37. The zero-order chi connectivity index (χ0) is 21.0. The Morgan fingerprint density at radius 3 is 2.50 bits per heavy atom. The van der Waals surface area contributed by atoms with Gasteiger partial charge in [0.1, 0.15) is 10.9 Å². The first-order valence-corrected chi connectivity index (χ1v) is 11.1. The predicted octanol–water partition coefficient (Wildman–Crippen LogP) is 6.51. The Hall–Kier alpha value is -2.52. The van der Waals surface area contributed by atoms with E-state index in [1.54, 1.807) is 0 Å². The van der Waals surface area contributed by atoms with Crippen LogP contribution in [0.25, 0.3) is 11.1 Å². The molecule has 0 N–H and O–H groups in total. The number of ketones is 1. The van der Waals surface area contributed by atoms with E-state index in [0.29, 0.717) is 18.0 Å². The third-order valence-corrected chi connectivity index (χ3v) is 6.50. The van der Waals surface area contributed by atoms with Gasteiger partial charge in [0.2, 0.25) is 0 Å². The van der Waals surface area contributed by atoms with Gasteiger partial charge in [-0.05, 0) is 67.1 Å². The number of aryl methyl sites for hydroxylation is 1. The van der Waals surface area contributed by atoms with E-state index >= 15 is 0 Å². The average Bonchev–Trinajstić information content (AvgIpc) is 3.23. The van der Waals surface area contributed by atoms with Gasteiger partial charge in [0.05, 0.1) is 0 Å². The number of nitrogens with zero attached hydrogens (tertiary/aromatic N) is 2. The molecular weight excluding hydrogens is 392 g/mol. The van der Waals surface area contributed by atoms with Gasteiger partial charge >= 0.3 is 0 Å². The monoisotopic (exact) mass is 418 g/mol. The van der Waals surface area contributed by atoms with Crippen LogP contribution in [0, 0.1) is 6.92 Å². The van der Waals surface area contributed by atoms with Crippen LogP contribution in [0.2, 0.25) is 5.15 Å². The Balaban J connectivity index is 1.39. The number of pyridine rings is 2. The topological polar surface area (TPSA) is 42.9 Å². The molecule has 0 radical (unpaired) electrons. The number of aromatic nitrogens is 2. The molecule has 2 heterocycles. The highest BCUT2D eigenvalue weighted by Crippen LogP contribution is 2.44. The Morgan fingerprint density at radius 2 is 1.80 bits per heavy atom. The third-order valence-electron chi connectivity index (χ3n) is 6.29. The van der Waals surface area contributed by atoms with Gasteiger partial charge in [0.15, 0.2) is 0 Å². The Kier molecular flexibility index (Phi) is 6.29. The summed E-state index contributed by atoms with van der Waals surface area (Å²) >= 11 is 6.14. The standard InChI is InChI=1S/C26H27ClN2O/c1-19-17-22(12-16-28-19)21-9-7-20(8-10-21)18-23(30)11-15-26(13-2-3-14-26)24-5-4-6-25(27)29-24/h4-10,12,16-17H,2-3,11,13-15,18H2,1H3. The van der Waals surface area contributed by atoms with Gasteiger partial charge in [0, 0.05) is 35.8 Å². The van der Waals surface area contributed by atoms with E-state index in [-0.39, 0.29) is 11.2 Å². The molecule has 0 amide bonds. The van der Waals surface area contributed by atoms with Crippen LogP contribution in [-0.4, -0.2) is 15.8 Å². The number of halogens is 1. The molecule has 4 rings (SSSR count). The maximum atomic E-state index is 12.8. The molecule has 30 heavy (non-hydrogen) atoms. The van der Waals surface area contributed by atoms with Crippen LogP contribution in [0.4, 0.5) is 0 Å². The second-order valence-corrected chi connectivity index (χ2v) is 8.82. The van der Waals surface area contributed by atoms with Gasteiger partial charge in [0.25, 0.3) is 0 Å². The summed E-state index contributed by atoms with van der Waals surface area (Å²) in [6.07, 6.45) is 8.31. The van der Waals surface area contributed by atoms with Gasteiger partial charge in [-0.15, -0.1) is 0 Å². The van der Waals surface area contributed by atoms with Crippen LogP contribution in [0.3, 0.4) is 0 Å². The molecule has 154 valence electrons. The fraction of sp³-hybridized carbons (Fsp3) is 0.346. The van der Waals surface area contributed by atoms with Crippen molar-refractivity contribution >= 4 is 17.4 Å². The van der Waals surface area contributed by atoms with Crippen molar-refractivity contribution in [3.63, 3.8) is 0 Å². The minimum atomic E-state index is 0.00359. The summed E-state index contributed by atoms with van der Waals surface area (Å²) < 4.78 is 0. The lowest BCUT2D eigenvalue weighted by atomic mass is 9.77. The molecule has 0 unspecified atom stereocenters. The average molecular weight is 419 g/mol. The summed E-state index contributed by atoms with van der Waals surface area (Å²) in [6, 6.07) is 18.2. The molecule has 1 fully saturated rings. The Bertz CT molecular complexity index is 1020. The fourth-order valence-corrected chi connectivity index (χ4v) is 4.79. The number of Topliss-reactive ketones (excluding diaryl/α,β-unsaturated/α-hetero) is 1. The van der Waals surface area contributed by atoms with E-state index in [1.165, 1.54) is 12.8 Å². The summed E-state index contributed by atoms with van der Waals surface area (Å²) in [5, 5.41) is 0.537. The number of carbonyl (C=O) groups is 1. The second kappa shape index (κ2) is 9.09. The van der Waals surface area contributed by atoms with Crippen LogP contribution in [0.15, 0.2) is 60.8 Å². The molecule has 1 aromatic carbocycles. The molecule has 0 saturated heterocycles. The van der Waals surface area contributed by atoms with Crippen molar-refractivity contribution in [1.29, 1.82) is 0 Å². The van der Waals surface area contributed by atoms with Crippen molar-refractivity contribution in [2.45, 2.75) is 57.3 Å². The number of benzene rings is 1. The molecule has 2 aromatic heterocycles. The maximum Gasteiger partial charge on any atom is 0.137 e. The van der Waals surface area contributed by atoms with E-state index in [4.69, 9.17) is 11.6 Å². The van der Waals surface area contributed by atoms with Gasteiger partial charge in [-0.1, -0.05) is 54.8 Å². The van der Waals surface area contributed by atoms with Crippen molar-refractivity contribution in [3.8, 4) is 11.1 Å². The predicted molar refractivity (Wildman–Crippen MR) is 122 cm³/mol. The van der Waals surface area contributed by atoms with Crippen molar-refractivity contribution in [3.05, 3.63) is 82.9 Å². The molecular formula is C26H27ClN2O. The Morgan fingerprint density at radius 1 is 1.03 bits per heavy atom. The van der Waals surface area contributed by atoms with Crippen molar-refractivity contribution in [2.75, 3.05) is 0 Å². The van der Waals surface area contributed by atoms with Crippen molar-refractivity contribution in [1.82, 2.24) is 9.97 Å². The van der Waals surface area contributed by atoms with Crippen LogP contribution in [0.5, 0.6) is 0 Å². The van der Waals surface area contributed by atoms with Crippen molar-refractivity contribution < 1.29 is 4.79 Å². The molecule has 0 spiro atoms. The minimum absolute atomic E-state index is 0.00359. The SMILES string of the molecule is Cc1cc(-c2ccc(CC(=O)CCC3(c4cccc(Cl)n4)CCCC3)cc2)ccn1. The summed E-state index contributed by atoms with van der Waals surface area (Å²) in [5.74, 6) is 0.288. The number of rotatable bonds is 7. The minimum Gasteiger partial charge on any atom is -0.299 e. The summed E-state index contributed by atoms with van der Waals surface area (Å²) in [5.41, 5.74) is 5.42. The van der Waals surface area contributed by atoms with Crippen molar-refractivity contribution in [2.24, 2.45) is 0 Å². The number of hydrogen-bond donors (Lipinski definition) is 0. The molecule has 1 aliphatic carbocycles. The first-order chi connectivity index (χ1) is 14.5. The first kappa shape index (κ1) is 20.7. The van der Waals surface area contributed by atoms with Crippen LogP contribution in [-0.2, 0) is 16.6 Å². The lowest BCUT2D eigenvalue weighted by Crippen LogP contribution is -2.25. The molecule has 4 heteroatoms. The maximum absolute atomic E-state index is 12.8. The van der Waals surface area contributed by atoms with Gasteiger partial charge in [-0.2, -0.15) is 0 Å². The van der Waals surface area contributed by atoms with E-state index in [2.05, 4.69) is 46.4 Å². The number of carbonyl (C=O) groups excluding carboxylic acids is 1. The summed E-state index contributed by atoms with van der Waals surface area (Å²) in [7, 11) is 0. The zero-order valence-electron chi connectivity index (χ0n) is 17.4. The largest absolute Gasteiger partial charge is 0.299 e. The van der Waals surface area contributed by atoms with E-state index in [1.807, 2.05) is 31.3 Å². The lowest BCUT2D eigenvalue weighted by molar-refractivity contribution is -0.118. The van der Waals surface area contributed by atoms with E-state index in [0.717, 1.165) is 47.3 Å². The third kappa shape index (κ3) is 4.79. The molecule has 0 bridgehead atoms. The smallest absolute Gasteiger partial charge is 0.137 e. The van der Waals surface area contributed by atoms with E-state index in [9.17, 15) is 4.79 Å². The number of hydrogen-bond acceptors (Lipinski definition) is 3. The fourth-order valence-electron chi connectivity index (χ4n) is 4.62. The molecule has 0 aliphatic heterocycles. The normalized spacial score (nSPS) is 15.3. The quantitative estimate of drug-likeness (QED) is 0.411. The Labute approximate surface area is 183 Å². The summed E-state index contributed by atoms with van der Waals surface area (Å²) in [4.78, 5) is 21.6. The van der Waals surface area contributed by atoms with Gasteiger partial charge in [-0.25, -0.2) is 4.98 Å². The van der Waals surface area contributed by atoms with Crippen LogP contribution >= 0.6 is 11.6 Å². The molecule has 3 aromatic rings. The molecule has 0 atom stereocenters. The highest BCUT2D eigenvalue weighted by atomic mass is 35.5. The second-order valence-electron chi connectivity index (χ2n) is 8.43. The molecule has 3 nitrogen and oxygen atoms in total. The summed E-state index contributed by atoms with van der Waals surface area (Å²) in [6.45, 7) is 1.99. The molecule has 1 aliphatic rings. The first-order valence-electron chi connectivity index (χ1n) is 10.7. The highest BCUT2D eigenvalue weighted by molar-refractivity contribution is 6.29. The van der Waals surface area contributed by atoms with Crippen LogP contribution < -0.4 is 0 Å².